The molecule has 6 heteroatoms. The van der Waals surface area contributed by atoms with Crippen molar-refractivity contribution in [3.05, 3.63) is 22.9 Å². The van der Waals surface area contributed by atoms with Crippen molar-refractivity contribution in [2.75, 3.05) is 37.7 Å². The second kappa shape index (κ2) is 7.71. The van der Waals surface area contributed by atoms with E-state index in [1.807, 2.05) is 19.9 Å². The predicted octanol–water partition coefficient (Wildman–Crippen LogP) is 2.96. The molecule has 1 amide bonds. The smallest absolute Gasteiger partial charge is 0.222 e. The second-order valence-electron chi connectivity index (χ2n) is 8.79. The van der Waals surface area contributed by atoms with Gasteiger partial charge in [0, 0.05) is 44.9 Å². The molecule has 0 unspecified atom stereocenters. The van der Waals surface area contributed by atoms with Crippen molar-refractivity contribution >= 4 is 11.7 Å². The lowest BCUT2D eigenvalue weighted by atomic mass is 9.72. The van der Waals surface area contributed by atoms with Crippen LogP contribution in [0.15, 0.2) is 6.07 Å². The molecule has 6 nitrogen and oxygen atoms in total. The summed E-state index contributed by atoms with van der Waals surface area (Å²) in [4.78, 5) is 21.5. The zero-order valence-electron chi connectivity index (χ0n) is 17.0. The summed E-state index contributed by atoms with van der Waals surface area (Å²) in [5, 5.41) is 9.59. The number of carbonyl (C=O) groups excluding carboxylic acids is 1. The Hall–Kier alpha value is -2.13. The number of hydrogen-bond donors (Lipinski definition) is 0. The molecule has 3 aliphatic heterocycles. The van der Waals surface area contributed by atoms with Gasteiger partial charge in [0.05, 0.1) is 11.7 Å². The molecule has 0 saturated carbocycles. The van der Waals surface area contributed by atoms with E-state index in [1.54, 1.807) is 0 Å². The summed E-state index contributed by atoms with van der Waals surface area (Å²) < 4.78 is 5.76. The molecule has 0 N–H and O–H groups in total. The van der Waals surface area contributed by atoms with Crippen molar-refractivity contribution in [2.24, 2.45) is 5.41 Å². The van der Waals surface area contributed by atoms with Gasteiger partial charge in [0.25, 0.3) is 0 Å². The minimum atomic E-state index is 0.203. The molecule has 0 aromatic carbocycles. The van der Waals surface area contributed by atoms with Crippen LogP contribution < -0.4 is 4.90 Å². The number of amides is 1. The first-order chi connectivity index (χ1) is 13.5. The van der Waals surface area contributed by atoms with Crippen molar-refractivity contribution in [3.8, 4) is 6.07 Å². The van der Waals surface area contributed by atoms with Crippen LogP contribution >= 0.6 is 0 Å². The highest BCUT2D eigenvalue weighted by Crippen LogP contribution is 2.41. The van der Waals surface area contributed by atoms with Crippen LogP contribution in [0.5, 0.6) is 0 Å². The van der Waals surface area contributed by atoms with Crippen LogP contribution in [0.25, 0.3) is 0 Å². The lowest BCUT2D eigenvalue weighted by Gasteiger charge is -2.48. The number of pyridine rings is 1. The third-order valence-corrected chi connectivity index (χ3v) is 6.76. The molecule has 28 heavy (non-hydrogen) atoms. The molecule has 0 bridgehead atoms. The quantitative estimate of drug-likeness (QED) is 0.804. The molecule has 3 fully saturated rings. The molecule has 4 heterocycles. The summed E-state index contributed by atoms with van der Waals surface area (Å²) >= 11 is 0. The summed E-state index contributed by atoms with van der Waals surface area (Å²) in [5.74, 6) is 1.12. The second-order valence-corrected chi connectivity index (χ2v) is 8.79. The average Bonchev–Trinajstić information content (AvgIpc) is 3.18. The zero-order valence-corrected chi connectivity index (χ0v) is 17.0. The third-order valence-electron chi connectivity index (χ3n) is 6.76. The molecule has 1 aromatic rings. The van der Waals surface area contributed by atoms with Gasteiger partial charge in [-0.25, -0.2) is 4.98 Å². The molecule has 0 radical (unpaired) electrons. The Bertz CT molecular complexity index is 786. The van der Waals surface area contributed by atoms with E-state index in [2.05, 4.69) is 20.9 Å². The van der Waals surface area contributed by atoms with Gasteiger partial charge in [-0.15, -0.1) is 0 Å². The van der Waals surface area contributed by atoms with Crippen LogP contribution in [0.2, 0.25) is 0 Å². The maximum Gasteiger partial charge on any atom is 0.222 e. The first-order valence-corrected chi connectivity index (χ1v) is 10.5. The number of likely N-dealkylation sites (tertiary alicyclic amines) is 1. The maximum atomic E-state index is 12.5. The normalized spacial score (nSPS) is 24.6. The summed E-state index contributed by atoms with van der Waals surface area (Å²) in [6.07, 6.45) is 6.11. The maximum absolute atomic E-state index is 12.5. The van der Waals surface area contributed by atoms with Gasteiger partial charge in [-0.2, -0.15) is 5.26 Å². The lowest BCUT2D eigenvalue weighted by Crippen LogP contribution is -2.53. The molecular weight excluding hydrogens is 352 g/mol. The SMILES string of the molecule is Cc1cc(C)c(C#N)c(N2CCC3(CCC(=O)N(C[C@H]4CCCO4)C3)CC2)n1. The first kappa shape index (κ1) is 19.2. The largest absolute Gasteiger partial charge is 0.376 e. The Morgan fingerprint density at radius 3 is 2.79 bits per heavy atom. The van der Waals surface area contributed by atoms with Crippen LogP contribution in [-0.4, -0.2) is 54.7 Å². The number of nitrogens with zero attached hydrogens (tertiary/aromatic N) is 4. The molecule has 3 aliphatic rings. The molecular formula is C22H30N4O2. The zero-order chi connectivity index (χ0) is 19.7. The molecule has 1 atom stereocenters. The number of piperidine rings is 2. The minimum absolute atomic E-state index is 0.203. The fraction of sp³-hybridized carbons (Fsp3) is 0.682. The van der Waals surface area contributed by atoms with Gasteiger partial charge in [-0.05, 0) is 63.0 Å². The highest BCUT2D eigenvalue weighted by Gasteiger charge is 2.42. The molecule has 150 valence electrons. The number of rotatable bonds is 3. The van der Waals surface area contributed by atoms with E-state index in [0.717, 1.165) is 82.0 Å². The van der Waals surface area contributed by atoms with E-state index in [1.165, 1.54) is 0 Å². The summed E-state index contributed by atoms with van der Waals surface area (Å²) in [7, 11) is 0. The predicted molar refractivity (Wildman–Crippen MR) is 107 cm³/mol. The standard InChI is InChI=1S/C22H30N4O2/c1-16-12-17(2)24-21(19(16)13-23)25-9-7-22(8-10-25)6-5-20(27)26(15-22)14-18-4-3-11-28-18/h12,18H,3-11,14-15H2,1-2H3/t18-/m1/s1. The third kappa shape index (κ3) is 3.73. The summed E-state index contributed by atoms with van der Waals surface area (Å²) in [6, 6.07) is 4.32. The highest BCUT2D eigenvalue weighted by molar-refractivity contribution is 5.77. The van der Waals surface area contributed by atoms with Gasteiger partial charge in [0.1, 0.15) is 11.9 Å². The topological polar surface area (TPSA) is 69.5 Å². The van der Waals surface area contributed by atoms with Gasteiger partial charge in [0.2, 0.25) is 5.91 Å². The molecule has 1 aromatic heterocycles. The van der Waals surface area contributed by atoms with Gasteiger partial charge in [-0.1, -0.05) is 0 Å². The van der Waals surface area contributed by atoms with Crippen molar-refractivity contribution in [2.45, 2.75) is 58.5 Å². The van der Waals surface area contributed by atoms with Crippen molar-refractivity contribution in [3.63, 3.8) is 0 Å². The first-order valence-electron chi connectivity index (χ1n) is 10.5. The fourth-order valence-electron chi connectivity index (χ4n) is 5.09. The number of aromatic nitrogens is 1. The lowest BCUT2D eigenvalue weighted by molar-refractivity contribution is -0.140. The van der Waals surface area contributed by atoms with E-state index in [9.17, 15) is 10.1 Å². The van der Waals surface area contributed by atoms with Crippen LogP contribution in [0, 0.1) is 30.6 Å². The van der Waals surface area contributed by atoms with E-state index < -0.39 is 0 Å². The Morgan fingerprint density at radius 1 is 1.32 bits per heavy atom. The summed E-state index contributed by atoms with van der Waals surface area (Å²) in [6.45, 7) is 8.19. The van der Waals surface area contributed by atoms with Crippen LogP contribution in [0.4, 0.5) is 5.82 Å². The number of anilines is 1. The Kier molecular flexibility index (Phi) is 5.29. The number of aryl methyl sites for hydroxylation is 2. The van der Waals surface area contributed by atoms with Crippen molar-refractivity contribution in [1.29, 1.82) is 5.26 Å². The number of carbonyl (C=O) groups is 1. The minimum Gasteiger partial charge on any atom is -0.376 e. The Labute approximate surface area is 167 Å². The monoisotopic (exact) mass is 382 g/mol. The van der Waals surface area contributed by atoms with E-state index in [0.29, 0.717) is 12.0 Å². The van der Waals surface area contributed by atoms with Gasteiger partial charge in [-0.3, -0.25) is 4.79 Å². The highest BCUT2D eigenvalue weighted by atomic mass is 16.5. The van der Waals surface area contributed by atoms with Gasteiger partial charge >= 0.3 is 0 Å². The van der Waals surface area contributed by atoms with E-state index in [-0.39, 0.29) is 17.4 Å². The number of ether oxygens (including phenoxy) is 1. The average molecular weight is 383 g/mol. The van der Waals surface area contributed by atoms with Gasteiger partial charge < -0.3 is 14.5 Å². The molecule has 4 rings (SSSR count). The van der Waals surface area contributed by atoms with E-state index >= 15 is 0 Å². The Morgan fingerprint density at radius 2 is 2.11 bits per heavy atom. The van der Waals surface area contributed by atoms with Crippen molar-refractivity contribution < 1.29 is 9.53 Å². The number of nitriles is 1. The van der Waals surface area contributed by atoms with Gasteiger partial charge in [0.15, 0.2) is 0 Å². The van der Waals surface area contributed by atoms with Crippen molar-refractivity contribution in [1.82, 2.24) is 9.88 Å². The Balaban J connectivity index is 1.45. The number of hydrogen-bond acceptors (Lipinski definition) is 5. The molecule has 0 aliphatic carbocycles. The molecule has 3 saturated heterocycles. The van der Waals surface area contributed by atoms with Crippen LogP contribution in [0.3, 0.4) is 0 Å². The van der Waals surface area contributed by atoms with Crippen LogP contribution in [0.1, 0.15) is 55.3 Å². The van der Waals surface area contributed by atoms with Crippen LogP contribution in [-0.2, 0) is 9.53 Å². The summed E-state index contributed by atoms with van der Waals surface area (Å²) in [5.41, 5.74) is 2.85. The van der Waals surface area contributed by atoms with E-state index in [4.69, 9.17) is 4.74 Å². The fourth-order valence-corrected chi connectivity index (χ4v) is 5.09. The molecule has 1 spiro atoms.